The maximum absolute atomic E-state index is 11.9. The lowest BCUT2D eigenvalue weighted by Gasteiger charge is -2.35. The number of morpholine rings is 1. The van der Waals surface area contributed by atoms with Crippen molar-refractivity contribution in [2.45, 2.75) is 13.0 Å². The monoisotopic (exact) mass is 348 g/mol. The van der Waals surface area contributed by atoms with Crippen LogP contribution in [0.15, 0.2) is 29.5 Å². The van der Waals surface area contributed by atoms with Crippen LogP contribution in [0.2, 0.25) is 0 Å². The standard InChI is InChI=1S/C17H28N6O2/c1-13(2)8-18-17(19-10-16(24)21(3)4)23-6-7-25-15(12-23)14-9-20-22(5)11-14/h9,11,15H,1,6-8,10,12H2,2-5H3,(H,18,19). The first-order valence-electron chi connectivity index (χ1n) is 8.34. The number of carbonyl (C=O) groups is 1. The van der Waals surface area contributed by atoms with Gasteiger partial charge >= 0.3 is 0 Å². The van der Waals surface area contributed by atoms with E-state index in [4.69, 9.17) is 4.74 Å². The number of hydrogen-bond acceptors (Lipinski definition) is 4. The lowest BCUT2D eigenvalue weighted by Crippen LogP contribution is -2.48. The lowest BCUT2D eigenvalue weighted by atomic mass is 10.1. The van der Waals surface area contributed by atoms with Crippen LogP contribution in [0.4, 0.5) is 0 Å². The molecule has 0 aliphatic carbocycles. The lowest BCUT2D eigenvalue weighted by molar-refractivity contribution is -0.127. The smallest absolute Gasteiger partial charge is 0.243 e. The number of ether oxygens (including phenoxy) is 1. The zero-order valence-corrected chi connectivity index (χ0v) is 15.5. The summed E-state index contributed by atoms with van der Waals surface area (Å²) in [6.45, 7) is 8.56. The van der Waals surface area contributed by atoms with Gasteiger partial charge in [0.05, 0.1) is 19.3 Å². The van der Waals surface area contributed by atoms with Crippen molar-refractivity contribution >= 4 is 11.9 Å². The molecule has 1 aromatic rings. The van der Waals surface area contributed by atoms with Crippen molar-refractivity contribution in [1.29, 1.82) is 0 Å². The van der Waals surface area contributed by atoms with Crippen LogP contribution >= 0.6 is 0 Å². The molecule has 0 spiro atoms. The fourth-order valence-electron chi connectivity index (χ4n) is 2.43. The van der Waals surface area contributed by atoms with Crippen molar-refractivity contribution in [2.75, 3.05) is 46.9 Å². The molecule has 0 saturated carbocycles. The van der Waals surface area contributed by atoms with Gasteiger partial charge in [0.25, 0.3) is 0 Å². The topological polar surface area (TPSA) is 75.0 Å². The van der Waals surface area contributed by atoms with Crippen LogP contribution in [0.5, 0.6) is 0 Å². The number of nitrogens with one attached hydrogen (secondary N) is 1. The third-order valence-corrected chi connectivity index (χ3v) is 3.87. The molecule has 1 amide bonds. The molecule has 1 unspecified atom stereocenters. The van der Waals surface area contributed by atoms with Gasteiger partial charge in [-0.05, 0) is 6.92 Å². The third kappa shape index (κ3) is 5.60. The number of rotatable bonds is 5. The van der Waals surface area contributed by atoms with E-state index < -0.39 is 0 Å². The molecule has 25 heavy (non-hydrogen) atoms. The molecule has 1 N–H and O–H groups in total. The first-order chi connectivity index (χ1) is 11.9. The summed E-state index contributed by atoms with van der Waals surface area (Å²) in [5.74, 6) is 0.669. The third-order valence-electron chi connectivity index (χ3n) is 3.87. The van der Waals surface area contributed by atoms with Crippen LogP contribution < -0.4 is 5.32 Å². The van der Waals surface area contributed by atoms with E-state index in [1.54, 1.807) is 18.8 Å². The Balaban J connectivity index is 2.10. The highest BCUT2D eigenvalue weighted by Crippen LogP contribution is 2.21. The molecule has 1 aliphatic heterocycles. The molecular weight excluding hydrogens is 320 g/mol. The minimum Gasteiger partial charge on any atom is -0.370 e. The highest BCUT2D eigenvalue weighted by molar-refractivity contribution is 5.85. The number of carbonyl (C=O) groups excluding carboxylic acids is 1. The Morgan fingerprint density at radius 2 is 2.32 bits per heavy atom. The average Bonchev–Trinajstić information content (AvgIpc) is 3.01. The Morgan fingerprint density at radius 1 is 1.56 bits per heavy atom. The van der Waals surface area contributed by atoms with Gasteiger partial charge in [0.1, 0.15) is 12.6 Å². The van der Waals surface area contributed by atoms with Crippen molar-refractivity contribution in [2.24, 2.45) is 12.0 Å². The van der Waals surface area contributed by atoms with Gasteiger partial charge in [0.2, 0.25) is 5.91 Å². The van der Waals surface area contributed by atoms with Gasteiger partial charge in [-0.2, -0.15) is 5.10 Å². The molecule has 1 atom stereocenters. The fraction of sp³-hybridized carbons (Fsp3) is 0.588. The Bertz CT molecular complexity index is 637. The first-order valence-corrected chi connectivity index (χ1v) is 8.34. The molecule has 0 bridgehead atoms. The van der Waals surface area contributed by atoms with E-state index in [9.17, 15) is 4.79 Å². The quantitative estimate of drug-likeness (QED) is 0.474. The summed E-state index contributed by atoms with van der Waals surface area (Å²) in [6, 6.07) is 0. The molecule has 0 radical (unpaired) electrons. The summed E-state index contributed by atoms with van der Waals surface area (Å²) in [5.41, 5.74) is 2.04. The van der Waals surface area contributed by atoms with E-state index in [1.807, 2.05) is 26.4 Å². The summed E-state index contributed by atoms with van der Waals surface area (Å²) < 4.78 is 7.64. The van der Waals surface area contributed by atoms with Crippen molar-refractivity contribution in [3.8, 4) is 0 Å². The number of aromatic nitrogens is 2. The number of likely N-dealkylation sites (N-methyl/N-ethyl adjacent to an activating group) is 1. The molecule has 1 aliphatic rings. The highest BCUT2D eigenvalue weighted by Gasteiger charge is 2.25. The number of aryl methyl sites for hydroxylation is 1. The van der Waals surface area contributed by atoms with E-state index in [1.165, 1.54) is 4.90 Å². The van der Waals surface area contributed by atoms with Crippen LogP contribution in [0, 0.1) is 0 Å². The van der Waals surface area contributed by atoms with Crippen molar-refractivity contribution in [3.05, 3.63) is 30.1 Å². The van der Waals surface area contributed by atoms with Crippen LogP contribution in [0.25, 0.3) is 0 Å². The summed E-state index contributed by atoms with van der Waals surface area (Å²) in [6.07, 6.45) is 3.72. The van der Waals surface area contributed by atoms with E-state index in [2.05, 4.69) is 26.9 Å². The van der Waals surface area contributed by atoms with E-state index in [0.717, 1.165) is 17.7 Å². The van der Waals surface area contributed by atoms with Crippen molar-refractivity contribution in [3.63, 3.8) is 0 Å². The Morgan fingerprint density at radius 3 is 2.92 bits per heavy atom. The molecule has 0 aromatic carbocycles. The molecule has 8 heteroatoms. The number of nitrogens with zero attached hydrogens (tertiary/aromatic N) is 5. The number of aliphatic imine (C=N–C) groups is 1. The second-order valence-electron chi connectivity index (χ2n) is 6.49. The summed E-state index contributed by atoms with van der Waals surface area (Å²) >= 11 is 0. The maximum atomic E-state index is 11.9. The molecule has 2 rings (SSSR count). The van der Waals surface area contributed by atoms with Gasteiger partial charge in [0, 0.05) is 46.0 Å². The Hall–Kier alpha value is -2.35. The maximum Gasteiger partial charge on any atom is 0.243 e. The SMILES string of the molecule is C=C(C)CNC(=NCC(=O)N(C)C)N1CCOC(c2cnn(C)c2)C1. The van der Waals surface area contributed by atoms with Gasteiger partial charge < -0.3 is 19.9 Å². The van der Waals surface area contributed by atoms with Crippen LogP contribution in [0.3, 0.4) is 0 Å². The zero-order valence-electron chi connectivity index (χ0n) is 15.5. The second-order valence-corrected chi connectivity index (χ2v) is 6.49. The van der Waals surface area contributed by atoms with Crippen LogP contribution in [-0.4, -0.2) is 78.3 Å². The number of hydrogen-bond donors (Lipinski definition) is 1. The Labute approximate surface area is 149 Å². The largest absolute Gasteiger partial charge is 0.370 e. The first kappa shape index (κ1) is 19.0. The molecule has 2 heterocycles. The summed E-state index contributed by atoms with van der Waals surface area (Å²) in [7, 11) is 5.34. The van der Waals surface area contributed by atoms with Gasteiger partial charge in [-0.25, -0.2) is 4.99 Å². The second kappa shape index (κ2) is 8.66. The molecule has 138 valence electrons. The molecule has 1 fully saturated rings. The number of guanidine groups is 1. The van der Waals surface area contributed by atoms with E-state index in [-0.39, 0.29) is 18.6 Å². The number of amides is 1. The van der Waals surface area contributed by atoms with Crippen LogP contribution in [-0.2, 0) is 16.6 Å². The normalized spacial score (nSPS) is 18.2. The van der Waals surface area contributed by atoms with Gasteiger partial charge in [-0.1, -0.05) is 12.2 Å². The molecule has 1 saturated heterocycles. The zero-order chi connectivity index (χ0) is 18.4. The van der Waals surface area contributed by atoms with Gasteiger partial charge in [0.15, 0.2) is 5.96 Å². The van der Waals surface area contributed by atoms with E-state index in [0.29, 0.717) is 25.7 Å². The van der Waals surface area contributed by atoms with Crippen molar-refractivity contribution < 1.29 is 9.53 Å². The average molecular weight is 348 g/mol. The predicted molar refractivity (Wildman–Crippen MR) is 97.3 cm³/mol. The summed E-state index contributed by atoms with van der Waals surface area (Å²) in [4.78, 5) is 20.0. The minimum absolute atomic E-state index is 0.0355. The van der Waals surface area contributed by atoms with Crippen molar-refractivity contribution in [1.82, 2.24) is 24.9 Å². The highest BCUT2D eigenvalue weighted by atomic mass is 16.5. The molecule has 8 nitrogen and oxygen atoms in total. The Kier molecular flexibility index (Phi) is 6.58. The summed E-state index contributed by atoms with van der Waals surface area (Å²) in [5, 5.41) is 7.50. The van der Waals surface area contributed by atoms with E-state index >= 15 is 0 Å². The van der Waals surface area contributed by atoms with Gasteiger partial charge in [-0.3, -0.25) is 9.48 Å². The van der Waals surface area contributed by atoms with Crippen LogP contribution in [0.1, 0.15) is 18.6 Å². The fourth-order valence-corrected chi connectivity index (χ4v) is 2.43. The van der Waals surface area contributed by atoms with Gasteiger partial charge in [-0.15, -0.1) is 0 Å². The minimum atomic E-state index is -0.0659. The predicted octanol–water partition coefficient (Wildman–Crippen LogP) is 0.403. The molecule has 1 aromatic heterocycles. The molecular formula is C17H28N6O2.